The maximum absolute atomic E-state index is 12.7. The lowest BCUT2D eigenvalue weighted by Crippen LogP contribution is -2.42. The number of ether oxygens (including phenoxy) is 2. The lowest BCUT2D eigenvalue weighted by Gasteiger charge is -2.26. The number of nitrogens with one attached hydrogen (secondary N) is 1. The number of aliphatic hydroxyl groups is 2. The Labute approximate surface area is 170 Å². The van der Waals surface area contributed by atoms with Gasteiger partial charge in [0, 0.05) is 25.8 Å². The minimum Gasteiger partial charge on any atom is -0.388 e. The molecule has 1 aromatic carbocycles. The highest BCUT2D eigenvalue weighted by Crippen LogP contribution is 2.26. The number of carbonyl (C=O) groups is 2. The number of benzene rings is 1. The second-order valence-electron chi connectivity index (χ2n) is 7.81. The monoisotopic (exact) mass is 406 g/mol. The van der Waals surface area contributed by atoms with Gasteiger partial charge in [-0.2, -0.15) is 0 Å². The van der Waals surface area contributed by atoms with Crippen molar-refractivity contribution in [3.63, 3.8) is 0 Å². The molecule has 0 spiro atoms. The van der Waals surface area contributed by atoms with Gasteiger partial charge < -0.3 is 29.9 Å². The van der Waals surface area contributed by atoms with Crippen LogP contribution in [0.2, 0.25) is 0 Å². The van der Waals surface area contributed by atoms with Crippen LogP contribution in [0.1, 0.15) is 35.2 Å². The second kappa shape index (κ2) is 9.67. The zero-order chi connectivity index (χ0) is 21.0. The first-order chi connectivity index (χ1) is 13.9. The summed E-state index contributed by atoms with van der Waals surface area (Å²) in [5.41, 5.74) is 1.56. The average molecular weight is 406 g/mol. The highest BCUT2D eigenvalue weighted by atomic mass is 16.5. The van der Waals surface area contributed by atoms with E-state index in [1.54, 1.807) is 24.1 Å². The molecule has 8 nitrogen and oxygen atoms in total. The van der Waals surface area contributed by atoms with E-state index in [2.05, 4.69) is 5.32 Å². The third-order valence-electron chi connectivity index (χ3n) is 5.67. The number of methoxy groups -OCH3 is 1. The normalized spacial score (nSPS) is 29.2. The van der Waals surface area contributed by atoms with Crippen LogP contribution in [0.4, 0.5) is 0 Å². The minimum absolute atomic E-state index is 0.0130. The van der Waals surface area contributed by atoms with E-state index in [1.165, 1.54) is 0 Å². The minimum atomic E-state index is -1.18. The third-order valence-corrected chi connectivity index (χ3v) is 5.67. The van der Waals surface area contributed by atoms with Gasteiger partial charge in [-0.1, -0.05) is 17.7 Å². The molecule has 0 bridgehead atoms. The molecule has 2 heterocycles. The average Bonchev–Trinajstić information content (AvgIpc) is 3.27. The maximum atomic E-state index is 12.7. The lowest BCUT2D eigenvalue weighted by molar-refractivity contribution is -0.137. The molecule has 2 aliphatic heterocycles. The van der Waals surface area contributed by atoms with Gasteiger partial charge in [0.2, 0.25) is 5.91 Å². The van der Waals surface area contributed by atoms with Gasteiger partial charge in [0.05, 0.1) is 25.2 Å². The first-order valence-corrected chi connectivity index (χ1v) is 10.1. The fourth-order valence-electron chi connectivity index (χ4n) is 3.98. The molecule has 0 saturated carbocycles. The van der Waals surface area contributed by atoms with Gasteiger partial charge in [-0.25, -0.2) is 0 Å². The molecule has 2 fully saturated rings. The number of carbonyl (C=O) groups excluding carboxylic acids is 2. The Bertz CT molecular complexity index is 710. The molecule has 5 unspecified atom stereocenters. The zero-order valence-corrected chi connectivity index (χ0v) is 16.9. The van der Waals surface area contributed by atoms with E-state index in [1.807, 2.05) is 19.1 Å². The van der Waals surface area contributed by atoms with Crippen LogP contribution in [-0.4, -0.2) is 84.2 Å². The van der Waals surface area contributed by atoms with Crippen molar-refractivity contribution in [3.8, 4) is 0 Å². The van der Waals surface area contributed by atoms with E-state index in [-0.39, 0.29) is 30.8 Å². The third kappa shape index (κ3) is 5.14. The van der Waals surface area contributed by atoms with Crippen LogP contribution in [0.15, 0.2) is 24.3 Å². The van der Waals surface area contributed by atoms with Crippen LogP contribution in [0.3, 0.4) is 0 Å². The number of amides is 2. The standard InChI is InChI=1S/C21H30N2O6/c1-13-5-7-14(8-6-13)21(27)22-11-17-20(26)19(25)16(29-17)10-18(24)23-9-3-4-15(23)12-28-2/h5-8,15-17,19-20,25-26H,3-4,9-12H2,1-2H3,(H,22,27). The Morgan fingerprint density at radius 1 is 1.21 bits per heavy atom. The summed E-state index contributed by atoms with van der Waals surface area (Å²) in [6.45, 7) is 3.13. The molecule has 8 heteroatoms. The number of nitrogens with zero attached hydrogens (tertiary/aromatic N) is 1. The Balaban J connectivity index is 1.52. The van der Waals surface area contributed by atoms with Gasteiger partial charge in [0.15, 0.2) is 0 Å². The van der Waals surface area contributed by atoms with E-state index < -0.39 is 24.4 Å². The SMILES string of the molecule is COCC1CCCN1C(=O)CC1OC(CNC(=O)c2ccc(C)cc2)C(O)C1O. The van der Waals surface area contributed by atoms with Gasteiger partial charge in [-0.15, -0.1) is 0 Å². The van der Waals surface area contributed by atoms with Gasteiger partial charge >= 0.3 is 0 Å². The van der Waals surface area contributed by atoms with Crippen molar-refractivity contribution in [1.29, 1.82) is 0 Å². The van der Waals surface area contributed by atoms with E-state index in [0.717, 1.165) is 18.4 Å². The molecule has 5 atom stereocenters. The molecule has 1 aromatic rings. The fourth-order valence-corrected chi connectivity index (χ4v) is 3.98. The van der Waals surface area contributed by atoms with Crippen LogP contribution < -0.4 is 5.32 Å². The Morgan fingerprint density at radius 2 is 1.90 bits per heavy atom. The second-order valence-corrected chi connectivity index (χ2v) is 7.81. The van der Waals surface area contributed by atoms with E-state index in [4.69, 9.17) is 9.47 Å². The van der Waals surface area contributed by atoms with Gasteiger partial charge in [0.25, 0.3) is 5.91 Å². The number of hydrogen-bond donors (Lipinski definition) is 3. The molecular formula is C21H30N2O6. The summed E-state index contributed by atoms with van der Waals surface area (Å²) in [6.07, 6.45) is -2.12. The summed E-state index contributed by atoms with van der Waals surface area (Å²) >= 11 is 0. The van der Waals surface area contributed by atoms with E-state index in [0.29, 0.717) is 18.7 Å². The van der Waals surface area contributed by atoms with Crippen molar-refractivity contribution in [2.24, 2.45) is 0 Å². The molecule has 0 radical (unpaired) electrons. The Morgan fingerprint density at radius 3 is 2.59 bits per heavy atom. The molecular weight excluding hydrogens is 376 g/mol. The number of rotatable bonds is 7. The summed E-state index contributed by atoms with van der Waals surface area (Å²) < 4.78 is 10.9. The number of likely N-dealkylation sites (tertiary alicyclic amines) is 1. The number of aryl methyl sites for hydroxylation is 1. The largest absolute Gasteiger partial charge is 0.388 e. The molecule has 3 N–H and O–H groups in total. The lowest BCUT2D eigenvalue weighted by atomic mass is 10.0. The summed E-state index contributed by atoms with van der Waals surface area (Å²) in [6, 6.07) is 7.17. The summed E-state index contributed by atoms with van der Waals surface area (Å²) in [5.74, 6) is -0.403. The summed E-state index contributed by atoms with van der Waals surface area (Å²) in [7, 11) is 1.61. The highest BCUT2D eigenvalue weighted by molar-refractivity contribution is 5.94. The zero-order valence-electron chi connectivity index (χ0n) is 16.9. The van der Waals surface area contributed by atoms with Crippen molar-refractivity contribution in [2.45, 2.75) is 56.6 Å². The topological polar surface area (TPSA) is 108 Å². The molecule has 3 rings (SSSR count). The first-order valence-electron chi connectivity index (χ1n) is 10.1. The van der Waals surface area contributed by atoms with Crippen molar-refractivity contribution in [3.05, 3.63) is 35.4 Å². The van der Waals surface area contributed by atoms with Crippen LogP contribution in [0.25, 0.3) is 0 Å². The predicted molar refractivity (Wildman–Crippen MR) is 105 cm³/mol. The smallest absolute Gasteiger partial charge is 0.251 e. The van der Waals surface area contributed by atoms with Crippen LogP contribution in [-0.2, 0) is 14.3 Å². The van der Waals surface area contributed by atoms with Gasteiger partial charge in [0.1, 0.15) is 18.3 Å². The fraction of sp³-hybridized carbons (Fsp3) is 0.619. The quantitative estimate of drug-likeness (QED) is 0.599. The van der Waals surface area contributed by atoms with Crippen molar-refractivity contribution < 1.29 is 29.3 Å². The molecule has 2 aliphatic rings. The molecule has 29 heavy (non-hydrogen) atoms. The number of aliphatic hydroxyl groups excluding tert-OH is 2. The molecule has 0 aliphatic carbocycles. The summed E-state index contributed by atoms with van der Waals surface area (Å²) in [5, 5.41) is 23.3. The maximum Gasteiger partial charge on any atom is 0.251 e. The molecule has 160 valence electrons. The van der Waals surface area contributed by atoms with Crippen LogP contribution >= 0.6 is 0 Å². The van der Waals surface area contributed by atoms with Crippen LogP contribution in [0, 0.1) is 6.92 Å². The van der Waals surface area contributed by atoms with Crippen LogP contribution in [0.5, 0.6) is 0 Å². The van der Waals surface area contributed by atoms with Crippen molar-refractivity contribution in [1.82, 2.24) is 10.2 Å². The predicted octanol–water partition coefficient (Wildman–Crippen LogP) is 0.242. The molecule has 2 amide bonds. The first kappa shape index (κ1) is 21.7. The Hall–Kier alpha value is -2.00. The molecule has 0 aromatic heterocycles. The van der Waals surface area contributed by atoms with Crippen molar-refractivity contribution >= 4 is 11.8 Å². The van der Waals surface area contributed by atoms with Gasteiger partial charge in [-0.05, 0) is 31.9 Å². The van der Waals surface area contributed by atoms with Gasteiger partial charge in [-0.3, -0.25) is 9.59 Å². The van der Waals surface area contributed by atoms with E-state index >= 15 is 0 Å². The molecule has 2 saturated heterocycles. The highest BCUT2D eigenvalue weighted by Gasteiger charge is 2.44. The Kier molecular flexibility index (Phi) is 7.23. The van der Waals surface area contributed by atoms with E-state index in [9.17, 15) is 19.8 Å². The number of hydrogen-bond acceptors (Lipinski definition) is 6. The summed E-state index contributed by atoms with van der Waals surface area (Å²) in [4.78, 5) is 26.7. The van der Waals surface area contributed by atoms with Crippen molar-refractivity contribution in [2.75, 3.05) is 26.8 Å².